The second-order valence-electron chi connectivity index (χ2n) is 18.9. The van der Waals surface area contributed by atoms with Crippen molar-refractivity contribution in [3.05, 3.63) is 36.5 Å². The van der Waals surface area contributed by atoms with Gasteiger partial charge in [-0.05, 0) is 83.5 Å². The van der Waals surface area contributed by atoms with Crippen molar-refractivity contribution in [3.8, 4) is 0 Å². The molecule has 1 amide bonds. The summed E-state index contributed by atoms with van der Waals surface area (Å²) < 4.78 is 5.46. The Morgan fingerprint density at radius 2 is 0.794 bits per heavy atom. The van der Waals surface area contributed by atoms with Gasteiger partial charge in [-0.3, -0.25) is 9.59 Å². The Labute approximate surface area is 392 Å². The first-order valence-electron chi connectivity index (χ1n) is 27.7. The third-order valence-corrected chi connectivity index (χ3v) is 12.7. The van der Waals surface area contributed by atoms with Crippen LogP contribution in [0.3, 0.4) is 0 Å². The van der Waals surface area contributed by atoms with Crippen molar-refractivity contribution >= 4 is 11.9 Å². The first-order chi connectivity index (χ1) is 31.0. The normalized spacial score (nSPS) is 12.9. The van der Waals surface area contributed by atoms with Crippen LogP contribution in [-0.2, 0) is 14.3 Å². The summed E-state index contributed by atoms with van der Waals surface area (Å²) in [5.74, 6) is -0.0908. The summed E-state index contributed by atoms with van der Waals surface area (Å²) in [6.45, 7) is 4.89. The summed E-state index contributed by atoms with van der Waals surface area (Å²) in [6, 6.07) is -0.563. The quantitative estimate of drug-likeness (QED) is 0.0321. The molecule has 0 aromatic rings. The Morgan fingerprint density at radius 1 is 0.444 bits per heavy atom. The van der Waals surface area contributed by atoms with Gasteiger partial charge in [-0.15, -0.1) is 0 Å². The molecule has 0 saturated carbocycles. The molecule has 6 heteroatoms. The smallest absolute Gasteiger partial charge is 0.305 e. The summed E-state index contributed by atoms with van der Waals surface area (Å²) >= 11 is 0. The lowest BCUT2D eigenvalue weighted by Gasteiger charge is -2.22. The molecular formula is C57H107NO5. The van der Waals surface area contributed by atoms with Crippen LogP contribution in [0.2, 0.25) is 0 Å². The van der Waals surface area contributed by atoms with Gasteiger partial charge in [0.05, 0.1) is 25.4 Å². The van der Waals surface area contributed by atoms with Gasteiger partial charge >= 0.3 is 5.97 Å². The maximum Gasteiger partial charge on any atom is 0.305 e. The number of aliphatic hydroxyl groups is 2. The van der Waals surface area contributed by atoms with Gasteiger partial charge in [-0.25, -0.2) is 0 Å². The molecule has 0 radical (unpaired) electrons. The van der Waals surface area contributed by atoms with E-state index in [-0.39, 0.29) is 18.5 Å². The molecule has 0 heterocycles. The summed E-state index contributed by atoms with van der Waals surface area (Å²) in [7, 11) is 0. The monoisotopic (exact) mass is 886 g/mol. The zero-order valence-electron chi connectivity index (χ0n) is 42.1. The van der Waals surface area contributed by atoms with Crippen LogP contribution >= 0.6 is 0 Å². The van der Waals surface area contributed by atoms with Gasteiger partial charge in [0.2, 0.25) is 5.91 Å². The first kappa shape index (κ1) is 61.1. The topological polar surface area (TPSA) is 95.9 Å². The van der Waals surface area contributed by atoms with Crippen LogP contribution in [0.4, 0.5) is 0 Å². The number of aliphatic hydroxyl groups excluding tert-OH is 2. The van der Waals surface area contributed by atoms with Gasteiger partial charge in [-0.1, -0.05) is 230 Å². The number of carbonyl (C=O) groups excluding carboxylic acids is 2. The fourth-order valence-electron chi connectivity index (χ4n) is 8.37. The van der Waals surface area contributed by atoms with Crippen molar-refractivity contribution in [2.24, 2.45) is 0 Å². The van der Waals surface area contributed by atoms with Gasteiger partial charge < -0.3 is 20.3 Å². The molecular weight excluding hydrogens is 779 g/mol. The lowest BCUT2D eigenvalue weighted by molar-refractivity contribution is -0.143. The second kappa shape index (κ2) is 52.7. The van der Waals surface area contributed by atoms with E-state index in [9.17, 15) is 19.8 Å². The number of esters is 1. The maximum absolute atomic E-state index is 12.5. The van der Waals surface area contributed by atoms with Crippen LogP contribution < -0.4 is 5.32 Å². The van der Waals surface area contributed by atoms with E-state index in [4.69, 9.17) is 4.74 Å². The zero-order chi connectivity index (χ0) is 45.8. The number of ether oxygens (including phenoxy) is 1. The molecule has 3 N–H and O–H groups in total. The molecule has 0 aromatic heterocycles. The summed E-state index contributed by atoms with van der Waals surface area (Å²) in [5.41, 5.74) is 0. The van der Waals surface area contributed by atoms with Crippen LogP contribution in [0.25, 0.3) is 0 Å². The van der Waals surface area contributed by atoms with Crippen molar-refractivity contribution in [2.45, 2.75) is 302 Å². The van der Waals surface area contributed by atoms with Crippen LogP contribution in [0.15, 0.2) is 36.5 Å². The highest BCUT2D eigenvalue weighted by Gasteiger charge is 2.20. The van der Waals surface area contributed by atoms with Crippen molar-refractivity contribution in [1.29, 1.82) is 0 Å². The molecule has 0 rings (SSSR count). The van der Waals surface area contributed by atoms with Crippen molar-refractivity contribution < 1.29 is 24.5 Å². The minimum Gasteiger partial charge on any atom is -0.466 e. The number of amides is 1. The predicted octanol–water partition coefficient (Wildman–Crippen LogP) is 16.9. The highest BCUT2D eigenvalue weighted by atomic mass is 16.5. The summed E-state index contributed by atoms with van der Waals surface area (Å²) in [5, 5.41) is 23.3. The van der Waals surface area contributed by atoms with E-state index in [0.717, 1.165) is 83.5 Å². The highest BCUT2D eigenvalue weighted by Crippen LogP contribution is 2.16. The zero-order valence-corrected chi connectivity index (χ0v) is 42.1. The molecule has 0 aliphatic heterocycles. The van der Waals surface area contributed by atoms with Gasteiger partial charge in [0.1, 0.15) is 0 Å². The second-order valence-corrected chi connectivity index (χ2v) is 18.9. The Kier molecular flexibility index (Phi) is 51.1. The lowest BCUT2D eigenvalue weighted by atomic mass is 10.0. The third-order valence-electron chi connectivity index (χ3n) is 12.7. The van der Waals surface area contributed by atoms with Gasteiger partial charge in [0.25, 0.3) is 0 Å². The van der Waals surface area contributed by atoms with E-state index in [1.807, 2.05) is 0 Å². The van der Waals surface area contributed by atoms with E-state index in [1.54, 1.807) is 0 Å². The molecule has 2 unspecified atom stereocenters. The average Bonchev–Trinajstić information content (AvgIpc) is 3.28. The molecule has 6 nitrogen and oxygen atoms in total. The van der Waals surface area contributed by atoms with Gasteiger partial charge in [-0.2, -0.15) is 0 Å². The molecule has 0 spiro atoms. The summed E-state index contributed by atoms with van der Waals surface area (Å²) in [4.78, 5) is 24.5. The third kappa shape index (κ3) is 49.4. The number of hydrogen-bond acceptors (Lipinski definition) is 5. The molecule has 0 aliphatic carbocycles. The molecule has 0 aromatic carbocycles. The Morgan fingerprint density at radius 3 is 1.25 bits per heavy atom. The Bertz CT molecular complexity index is 1020. The lowest BCUT2D eigenvalue weighted by Crippen LogP contribution is -2.45. The fourth-order valence-corrected chi connectivity index (χ4v) is 8.37. The van der Waals surface area contributed by atoms with E-state index < -0.39 is 12.1 Å². The number of unbranched alkanes of at least 4 members (excludes halogenated alkanes) is 34. The molecule has 0 saturated heterocycles. The SMILES string of the molecule is CCCCCC/C=C\C/C=C\CCCCCCCC(=O)OCCCCCCCC/C=C\CCCCCC(=O)NC(CO)C(O)CCCCCCCCCCCCCCCCCCC. The number of rotatable bonds is 51. The number of hydrogen-bond donors (Lipinski definition) is 3. The van der Waals surface area contributed by atoms with E-state index in [1.165, 1.54) is 173 Å². The van der Waals surface area contributed by atoms with Gasteiger partial charge in [0, 0.05) is 12.8 Å². The van der Waals surface area contributed by atoms with E-state index in [2.05, 4.69) is 55.6 Å². The molecule has 2 atom stereocenters. The number of carbonyl (C=O) groups is 2. The average molecular weight is 886 g/mol. The molecule has 63 heavy (non-hydrogen) atoms. The van der Waals surface area contributed by atoms with Crippen LogP contribution in [0.1, 0.15) is 290 Å². The fraction of sp³-hybridized carbons (Fsp3) is 0.860. The maximum atomic E-state index is 12.5. The van der Waals surface area contributed by atoms with Crippen LogP contribution in [0, 0.1) is 0 Å². The molecule has 0 bridgehead atoms. The van der Waals surface area contributed by atoms with Gasteiger partial charge in [0.15, 0.2) is 0 Å². The molecule has 0 fully saturated rings. The first-order valence-corrected chi connectivity index (χ1v) is 27.7. The van der Waals surface area contributed by atoms with Crippen molar-refractivity contribution in [2.75, 3.05) is 13.2 Å². The minimum atomic E-state index is -0.683. The summed E-state index contributed by atoms with van der Waals surface area (Å²) in [6.07, 6.45) is 64.0. The molecule has 370 valence electrons. The Balaban J connectivity index is 3.51. The minimum absolute atomic E-state index is 0.0260. The van der Waals surface area contributed by atoms with Crippen molar-refractivity contribution in [3.63, 3.8) is 0 Å². The highest BCUT2D eigenvalue weighted by molar-refractivity contribution is 5.76. The Hall–Kier alpha value is -1.92. The predicted molar refractivity (Wildman–Crippen MR) is 273 cm³/mol. The van der Waals surface area contributed by atoms with Crippen LogP contribution in [-0.4, -0.2) is 47.4 Å². The van der Waals surface area contributed by atoms with Crippen LogP contribution in [0.5, 0.6) is 0 Å². The molecule has 0 aliphatic rings. The van der Waals surface area contributed by atoms with E-state index in [0.29, 0.717) is 25.9 Å². The number of nitrogens with one attached hydrogen (secondary N) is 1. The largest absolute Gasteiger partial charge is 0.466 e. The standard InChI is InChI=1S/C57H107NO5/c1-3-5-7-9-11-13-15-17-19-21-22-25-29-33-37-41-45-49-55(60)54(53-59)58-56(61)50-46-42-38-34-30-26-24-28-32-36-40-44-48-52-63-57(62)51-47-43-39-35-31-27-23-20-18-16-14-12-10-8-6-4-2/h14,16,20,23,26,30,54-55,59-60H,3-13,15,17-19,21-22,24-25,27-29,31-53H2,1-2H3,(H,58,61)/b16-14-,23-20-,30-26-. The number of allylic oxidation sites excluding steroid dienone is 6. The van der Waals surface area contributed by atoms with E-state index >= 15 is 0 Å². The van der Waals surface area contributed by atoms with Crippen molar-refractivity contribution in [1.82, 2.24) is 5.32 Å².